The van der Waals surface area contributed by atoms with Gasteiger partial charge in [-0.3, -0.25) is 3.96 Å². The van der Waals surface area contributed by atoms with E-state index in [-0.39, 0.29) is 5.54 Å². The lowest BCUT2D eigenvalue weighted by atomic mass is 9.90. The van der Waals surface area contributed by atoms with Gasteiger partial charge in [-0.1, -0.05) is 57.4 Å². The molecular weight excluding hydrogens is 400 g/mol. The number of halogens is 1. The van der Waals surface area contributed by atoms with Crippen molar-refractivity contribution in [2.24, 2.45) is 0 Å². The molecule has 2 aromatic carbocycles. The highest BCUT2D eigenvalue weighted by atomic mass is 79.9. The van der Waals surface area contributed by atoms with Gasteiger partial charge in [0.2, 0.25) is 0 Å². The Morgan fingerprint density at radius 3 is 2.54 bits per heavy atom. The molecule has 122 valence electrons. The molecule has 0 bridgehead atoms. The fourth-order valence-electron chi connectivity index (χ4n) is 3.12. The van der Waals surface area contributed by atoms with E-state index >= 15 is 0 Å². The molecule has 0 spiro atoms. The molecule has 1 N–H and O–H groups in total. The average molecular weight is 417 g/mol. The SMILES string of the molecule is Cc1ccc(-n2sc3c(c2=S)-c2cc(Br)ccc2NC3(C)C)cc1. The second kappa shape index (κ2) is 5.55. The molecule has 24 heavy (non-hydrogen) atoms. The highest BCUT2D eigenvalue weighted by molar-refractivity contribution is 9.10. The number of fused-ring (bicyclic) bond motifs is 3. The van der Waals surface area contributed by atoms with Crippen LogP contribution in [0.5, 0.6) is 0 Å². The van der Waals surface area contributed by atoms with Crippen LogP contribution in [0, 0.1) is 11.6 Å². The lowest BCUT2D eigenvalue weighted by molar-refractivity contribution is 0.620. The van der Waals surface area contributed by atoms with Crippen molar-refractivity contribution in [2.75, 3.05) is 5.32 Å². The first-order valence-electron chi connectivity index (χ1n) is 7.79. The Morgan fingerprint density at radius 1 is 1.12 bits per heavy atom. The van der Waals surface area contributed by atoms with Crippen molar-refractivity contribution < 1.29 is 0 Å². The third kappa shape index (κ3) is 2.46. The van der Waals surface area contributed by atoms with Crippen LogP contribution in [-0.2, 0) is 5.54 Å². The topological polar surface area (TPSA) is 17.0 Å². The number of aromatic nitrogens is 1. The minimum absolute atomic E-state index is 0.148. The van der Waals surface area contributed by atoms with Crippen LogP contribution < -0.4 is 5.32 Å². The van der Waals surface area contributed by atoms with Crippen molar-refractivity contribution in [1.82, 2.24) is 3.96 Å². The van der Waals surface area contributed by atoms with E-state index in [9.17, 15) is 0 Å². The molecule has 1 aliphatic rings. The van der Waals surface area contributed by atoms with E-state index in [1.807, 2.05) is 0 Å². The van der Waals surface area contributed by atoms with Gasteiger partial charge in [0.15, 0.2) is 0 Å². The molecule has 1 aliphatic heterocycles. The first kappa shape index (κ1) is 16.1. The molecule has 5 heteroatoms. The zero-order valence-corrected chi connectivity index (χ0v) is 16.9. The molecule has 0 aliphatic carbocycles. The number of rotatable bonds is 1. The molecule has 0 unspecified atom stereocenters. The van der Waals surface area contributed by atoms with Gasteiger partial charge < -0.3 is 5.32 Å². The summed E-state index contributed by atoms with van der Waals surface area (Å²) in [4.78, 5) is 1.28. The van der Waals surface area contributed by atoms with Crippen LogP contribution in [0.3, 0.4) is 0 Å². The lowest BCUT2D eigenvalue weighted by Gasteiger charge is -2.33. The number of nitrogens with one attached hydrogen (secondary N) is 1. The molecule has 3 aromatic rings. The fraction of sp³-hybridized carbons (Fsp3) is 0.211. The quantitative estimate of drug-likeness (QED) is 0.446. The van der Waals surface area contributed by atoms with Crippen molar-refractivity contribution in [3.63, 3.8) is 0 Å². The Labute approximate surface area is 159 Å². The van der Waals surface area contributed by atoms with Crippen molar-refractivity contribution in [2.45, 2.75) is 26.3 Å². The van der Waals surface area contributed by atoms with E-state index in [2.05, 4.69) is 88.4 Å². The van der Waals surface area contributed by atoms with E-state index in [4.69, 9.17) is 12.2 Å². The van der Waals surface area contributed by atoms with E-state index in [0.29, 0.717) is 0 Å². The maximum atomic E-state index is 5.88. The Balaban J connectivity index is 2.01. The Hall–Kier alpha value is -1.43. The van der Waals surface area contributed by atoms with E-state index in [1.165, 1.54) is 21.6 Å². The lowest BCUT2D eigenvalue weighted by Crippen LogP contribution is -2.30. The summed E-state index contributed by atoms with van der Waals surface area (Å²) in [5.41, 5.74) is 5.71. The van der Waals surface area contributed by atoms with Crippen LogP contribution in [0.25, 0.3) is 16.8 Å². The van der Waals surface area contributed by atoms with Gasteiger partial charge in [-0.2, -0.15) is 0 Å². The largest absolute Gasteiger partial charge is 0.375 e. The minimum Gasteiger partial charge on any atom is -0.375 e. The van der Waals surface area contributed by atoms with E-state index in [0.717, 1.165) is 20.5 Å². The maximum absolute atomic E-state index is 5.88. The smallest absolute Gasteiger partial charge is 0.129 e. The third-order valence-electron chi connectivity index (χ3n) is 4.34. The van der Waals surface area contributed by atoms with Gasteiger partial charge >= 0.3 is 0 Å². The summed E-state index contributed by atoms with van der Waals surface area (Å²) in [6.45, 7) is 6.52. The molecule has 0 fully saturated rings. The number of hydrogen-bond acceptors (Lipinski definition) is 3. The molecular formula is C19H17BrN2S2. The zero-order valence-electron chi connectivity index (χ0n) is 13.7. The van der Waals surface area contributed by atoms with Crippen LogP contribution in [0.4, 0.5) is 5.69 Å². The first-order valence-corrected chi connectivity index (χ1v) is 9.76. The maximum Gasteiger partial charge on any atom is 0.129 e. The van der Waals surface area contributed by atoms with Crippen LogP contribution in [0.15, 0.2) is 46.9 Å². The normalized spacial score (nSPS) is 14.7. The number of aryl methyl sites for hydroxylation is 1. The van der Waals surface area contributed by atoms with Crippen LogP contribution in [-0.4, -0.2) is 3.96 Å². The van der Waals surface area contributed by atoms with Gasteiger partial charge in [-0.05, 0) is 51.1 Å². The average Bonchev–Trinajstić information content (AvgIpc) is 2.88. The van der Waals surface area contributed by atoms with Crippen LogP contribution in [0.2, 0.25) is 0 Å². The standard InChI is InChI=1S/C19H17BrN2S2/c1-11-4-7-13(8-5-11)22-18(23)16-14-10-12(20)6-9-15(14)21-19(2,3)17(16)24-22/h4-10,21H,1-3H3. The van der Waals surface area contributed by atoms with Crippen LogP contribution >= 0.6 is 39.7 Å². The number of hydrogen-bond donors (Lipinski definition) is 1. The predicted octanol–water partition coefficient (Wildman–Crippen LogP) is 6.67. The molecule has 0 amide bonds. The highest BCUT2D eigenvalue weighted by Crippen LogP contribution is 2.48. The monoisotopic (exact) mass is 416 g/mol. The number of benzene rings is 2. The van der Waals surface area contributed by atoms with Crippen molar-refractivity contribution in [3.8, 4) is 16.8 Å². The summed E-state index contributed by atoms with van der Waals surface area (Å²) in [5.74, 6) is 0. The zero-order chi connectivity index (χ0) is 17.1. The van der Waals surface area contributed by atoms with E-state index in [1.54, 1.807) is 11.5 Å². The fourth-order valence-corrected chi connectivity index (χ4v) is 5.13. The van der Waals surface area contributed by atoms with Gasteiger partial charge in [0.1, 0.15) is 4.64 Å². The predicted molar refractivity (Wildman–Crippen MR) is 109 cm³/mol. The first-order chi connectivity index (χ1) is 11.4. The van der Waals surface area contributed by atoms with Gasteiger partial charge in [-0.15, -0.1) is 0 Å². The molecule has 0 saturated carbocycles. The van der Waals surface area contributed by atoms with Crippen molar-refractivity contribution in [1.29, 1.82) is 0 Å². The Morgan fingerprint density at radius 2 is 1.83 bits per heavy atom. The molecule has 0 atom stereocenters. The minimum atomic E-state index is -0.148. The van der Waals surface area contributed by atoms with Gasteiger partial charge in [0, 0.05) is 21.3 Å². The van der Waals surface area contributed by atoms with Gasteiger partial charge in [-0.25, -0.2) is 0 Å². The van der Waals surface area contributed by atoms with Crippen molar-refractivity contribution in [3.05, 3.63) is 62.0 Å². The summed E-state index contributed by atoms with van der Waals surface area (Å²) >= 11 is 11.2. The second-order valence-corrected chi connectivity index (χ2v) is 8.93. The molecule has 4 rings (SSSR count). The third-order valence-corrected chi connectivity index (χ3v) is 6.81. The Bertz CT molecular complexity index is 997. The molecule has 0 saturated heterocycles. The number of anilines is 1. The molecule has 2 nitrogen and oxygen atoms in total. The van der Waals surface area contributed by atoms with E-state index < -0.39 is 0 Å². The molecule has 2 heterocycles. The Kier molecular flexibility index (Phi) is 3.71. The molecule has 0 radical (unpaired) electrons. The summed E-state index contributed by atoms with van der Waals surface area (Å²) in [6, 6.07) is 14.9. The summed E-state index contributed by atoms with van der Waals surface area (Å²) < 4.78 is 4.11. The summed E-state index contributed by atoms with van der Waals surface area (Å²) in [5, 5.41) is 3.65. The van der Waals surface area contributed by atoms with Crippen LogP contribution in [0.1, 0.15) is 24.3 Å². The highest BCUT2D eigenvalue weighted by Gasteiger charge is 2.34. The van der Waals surface area contributed by atoms with Gasteiger partial charge in [0.25, 0.3) is 0 Å². The summed E-state index contributed by atoms with van der Waals surface area (Å²) in [6.07, 6.45) is 0. The van der Waals surface area contributed by atoms with Gasteiger partial charge in [0.05, 0.1) is 16.1 Å². The number of nitrogens with zero attached hydrogens (tertiary/aromatic N) is 1. The molecule has 1 aromatic heterocycles. The summed E-state index contributed by atoms with van der Waals surface area (Å²) in [7, 11) is 0. The second-order valence-electron chi connectivity index (χ2n) is 6.67. The van der Waals surface area contributed by atoms with Crippen molar-refractivity contribution >= 4 is 45.4 Å².